The number of carbonyl (C=O) groups is 1. The van der Waals surface area contributed by atoms with Gasteiger partial charge in [0.15, 0.2) is 6.04 Å². The molecule has 3 rings (SSSR count). The maximum atomic E-state index is 13.2. The lowest BCUT2D eigenvalue weighted by Gasteiger charge is -2.32. The molecular formula is C14H16F3IN6O. The number of hydrogen-bond acceptors (Lipinski definition) is 4. The highest BCUT2D eigenvalue weighted by atomic mass is 127. The highest BCUT2D eigenvalue weighted by molar-refractivity contribution is 14.1. The fourth-order valence-corrected chi connectivity index (χ4v) is 3.57. The summed E-state index contributed by atoms with van der Waals surface area (Å²) in [5.41, 5.74) is 0.905. The van der Waals surface area contributed by atoms with Crippen LogP contribution in [0.25, 0.3) is 0 Å². The SMILES string of the molecule is C[C@H]1C[C@@H](C(F)(F)F)n2ncc(CNC(=O)c3c(I)cnn3C)c2N1. The van der Waals surface area contributed by atoms with Gasteiger partial charge in [-0.2, -0.15) is 23.4 Å². The molecule has 2 atom stereocenters. The molecule has 0 fully saturated rings. The second-order valence-corrected chi connectivity index (χ2v) is 7.11. The average Bonchev–Trinajstić information content (AvgIpc) is 3.06. The molecule has 7 nitrogen and oxygen atoms in total. The van der Waals surface area contributed by atoms with Crippen LogP contribution in [-0.2, 0) is 13.6 Å². The van der Waals surface area contributed by atoms with Crippen LogP contribution >= 0.6 is 22.6 Å². The third kappa shape index (κ3) is 3.46. The smallest absolute Gasteiger partial charge is 0.367 e. The lowest BCUT2D eigenvalue weighted by atomic mass is 10.1. The van der Waals surface area contributed by atoms with Crippen molar-refractivity contribution in [2.45, 2.75) is 38.1 Å². The Morgan fingerprint density at radius 1 is 1.44 bits per heavy atom. The molecule has 0 spiro atoms. The van der Waals surface area contributed by atoms with Crippen LogP contribution in [0.3, 0.4) is 0 Å². The quantitative estimate of drug-likeness (QED) is 0.679. The van der Waals surface area contributed by atoms with Crippen molar-refractivity contribution in [2.24, 2.45) is 7.05 Å². The molecule has 25 heavy (non-hydrogen) atoms. The van der Waals surface area contributed by atoms with Gasteiger partial charge in [-0.05, 0) is 35.9 Å². The number of anilines is 1. The van der Waals surface area contributed by atoms with Gasteiger partial charge >= 0.3 is 6.18 Å². The molecular weight excluding hydrogens is 452 g/mol. The number of aryl methyl sites for hydroxylation is 1. The largest absolute Gasteiger partial charge is 0.410 e. The number of amides is 1. The monoisotopic (exact) mass is 468 g/mol. The number of fused-ring (bicyclic) bond motifs is 1. The summed E-state index contributed by atoms with van der Waals surface area (Å²) in [4.78, 5) is 12.3. The van der Waals surface area contributed by atoms with E-state index in [0.29, 0.717) is 20.6 Å². The van der Waals surface area contributed by atoms with E-state index < -0.39 is 12.2 Å². The van der Waals surface area contributed by atoms with Crippen molar-refractivity contribution >= 4 is 34.3 Å². The van der Waals surface area contributed by atoms with Gasteiger partial charge in [0.2, 0.25) is 0 Å². The van der Waals surface area contributed by atoms with E-state index >= 15 is 0 Å². The summed E-state index contributed by atoms with van der Waals surface area (Å²) in [6, 6.07) is -2.01. The molecule has 1 aliphatic rings. The second kappa shape index (κ2) is 6.50. The summed E-state index contributed by atoms with van der Waals surface area (Å²) in [5, 5.41) is 13.6. The van der Waals surface area contributed by atoms with Gasteiger partial charge in [0.05, 0.1) is 16.0 Å². The molecule has 0 aromatic carbocycles. The lowest BCUT2D eigenvalue weighted by Crippen LogP contribution is -2.38. The fraction of sp³-hybridized carbons (Fsp3) is 0.500. The number of hydrogen-bond donors (Lipinski definition) is 2. The fourth-order valence-electron chi connectivity index (χ4n) is 2.85. The molecule has 0 aliphatic carbocycles. The molecule has 0 saturated carbocycles. The van der Waals surface area contributed by atoms with Crippen LogP contribution in [0, 0.1) is 3.57 Å². The number of nitrogens with zero attached hydrogens (tertiary/aromatic N) is 4. The van der Waals surface area contributed by atoms with E-state index in [2.05, 4.69) is 20.8 Å². The molecule has 2 aromatic heterocycles. The van der Waals surface area contributed by atoms with Crippen LogP contribution in [0.4, 0.5) is 19.0 Å². The summed E-state index contributed by atoms with van der Waals surface area (Å²) in [6.07, 6.45) is -1.54. The Bertz CT molecular complexity index is 780. The summed E-state index contributed by atoms with van der Waals surface area (Å²) >= 11 is 2.00. The molecule has 0 radical (unpaired) electrons. The normalized spacial score (nSPS) is 20.1. The van der Waals surface area contributed by atoms with Gasteiger partial charge in [0, 0.05) is 25.2 Å². The van der Waals surface area contributed by atoms with Crippen molar-refractivity contribution in [3.05, 3.63) is 27.2 Å². The topological polar surface area (TPSA) is 76.8 Å². The Hall–Kier alpha value is -1.79. The van der Waals surface area contributed by atoms with E-state index in [4.69, 9.17) is 0 Å². The summed E-state index contributed by atoms with van der Waals surface area (Å²) in [6.45, 7) is 1.76. The zero-order valence-corrected chi connectivity index (χ0v) is 15.6. The third-order valence-electron chi connectivity index (χ3n) is 4.05. The van der Waals surface area contributed by atoms with Crippen molar-refractivity contribution in [3.63, 3.8) is 0 Å². The van der Waals surface area contributed by atoms with Crippen LogP contribution in [0.2, 0.25) is 0 Å². The Morgan fingerprint density at radius 2 is 2.16 bits per heavy atom. The molecule has 0 bridgehead atoms. The van der Waals surface area contributed by atoms with Crippen LogP contribution in [0.5, 0.6) is 0 Å². The average molecular weight is 468 g/mol. The van der Waals surface area contributed by atoms with Gasteiger partial charge in [-0.15, -0.1) is 0 Å². The van der Waals surface area contributed by atoms with E-state index in [1.165, 1.54) is 10.9 Å². The zero-order valence-electron chi connectivity index (χ0n) is 13.4. The van der Waals surface area contributed by atoms with Gasteiger partial charge in [-0.1, -0.05) is 0 Å². The van der Waals surface area contributed by atoms with Gasteiger partial charge in [0.25, 0.3) is 5.91 Å². The number of carbonyl (C=O) groups excluding carboxylic acids is 1. The van der Waals surface area contributed by atoms with Gasteiger partial charge in [0.1, 0.15) is 11.5 Å². The summed E-state index contributed by atoms with van der Waals surface area (Å²) < 4.78 is 42.8. The molecule has 2 aromatic rings. The molecule has 2 N–H and O–H groups in total. The highest BCUT2D eigenvalue weighted by Crippen LogP contribution is 2.40. The van der Waals surface area contributed by atoms with E-state index in [1.807, 2.05) is 22.6 Å². The minimum absolute atomic E-state index is 0.0692. The maximum absolute atomic E-state index is 13.2. The van der Waals surface area contributed by atoms with E-state index in [9.17, 15) is 18.0 Å². The van der Waals surface area contributed by atoms with Crippen LogP contribution < -0.4 is 10.6 Å². The lowest BCUT2D eigenvalue weighted by molar-refractivity contribution is -0.173. The first-order valence-corrected chi connectivity index (χ1v) is 8.61. The number of nitrogens with one attached hydrogen (secondary N) is 2. The number of alkyl halides is 3. The van der Waals surface area contributed by atoms with Crippen molar-refractivity contribution in [1.82, 2.24) is 24.9 Å². The molecule has 1 amide bonds. The van der Waals surface area contributed by atoms with Gasteiger partial charge in [-0.3, -0.25) is 9.48 Å². The Labute approximate surface area is 155 Å². The zero-order chi connectivity index (χ0) is 18.4. The molecule has 136 valence electrons. The van der Waals surface area contributed by atoms with Crippen molar-refractivity contribution in [1.29, 1.82) is 0 Å². The Balaban J connectivity index is 1.79. The Morgan fingerprint density at radius 3 is 2.76 bits per heavy atom. The molecule has 0 unspecified atom stereocenters. The van der Waals surface area contributed by atoms with Crippen LogP contribution in [0.15, 0.2) is 12.4 Å². The van der Waals surface area contributed by atoms with Crippen LogP contribution in [0.1, 0.15) is 35.4 Å². The number of halogens is 4. The minimum atomic E-state index is -4.37. The first kappa shape index (κ1) is 18.0. The van der Waals surface area contributed by atoms with Gasteiger partial charge in [-0.25, -0.2) is 4.68 Å². The molecule has 3 heterocycles. The van der Waals surface area contributed by atoms with Crippen LogP contribution in [-0.4, -0.2) is 37.7 Å². The van der Waals surface area contributed by atoms with Crippen molar-refractivity contribution in [3.8, 4) is 0 Å². The first-order valence-electron chi connectivity index (χ1n) is 7.53. The highest BCUT2D eigenvalue weighted by Gasteiger charge is 2.45. The first-order chi connectivity index (χ1) is 11.7. The predicted octanol–water partition coefficient (Wildman–Crippen LogP) is 2.46. The molecule has 0 saturated heterocycles. The summed E-state index contributed by atoms with van der Waals surface area (Å²) in [7, 11) is 1.65. The van der Waals surface area contributed by atoms with E-state index in [-0.39, 0.29) is 24.9 Å². The second-order valence-electron chi connectivity index (χ2n) is 5.95. The maximum Gasteiger partial charge on any atom is 0.410 e. The number of aromatic nitrogens is 4. The third-order valence-corrected chi connectivity index (χ3v) is 4.84. The molecule has 1 aliphatic heterocycles. The standard InChI is InChI=1S/C14H16F3IN6O/c1-7-3-10(14(15,16)17)24-12(22-7)8(5-21-24)4-19-13(25)11-9(18)6-20-23(11)2/h5-7,10,22H,3-4H2,1-2H3,(H,19,25)/t7-,10-/m0/s1. The Kier molecular flexibility index (Phi) is 4.68. The van der Waals surface area contributed by atoms with Gasteiger partial charge < -0.3 is 10.6 Å². The van der Waals surface area contributed by atoms with Crippen molar-refractivity contribution < 1.29 is 18.0 Å². The van der Waals surface area contributed by atoms with Crippen molar-refractivity contribution in [2.75, 3.05) is 5.32 Å². The van der Waals surface area contributed by atoms with E-state index in [1.54, 1.807) is 20.2 Å². The summed E-state index contributed by atoms with van der Waals surface area (Å²) in [5.74, 6) is -0.0540. The molecule has 11 heteroatoms. The minimum Gasteiger partial charge on any atom is -0.367 e. The van der Waals surface area contributed by atoms with E-state index in [0.717, 1.165) is 4.68 Å². The predicted molar refractivity (Wildman–Crippen MR) is 92.1 cm³/mol. The number of rotatable bonds is 3.